The fraction of sp³-hybridized carbons (Fsp3) is 0.500. The second-order valence-electron chi connectivity index (χ2n) is 4.96. The number of nitrogens with zero attached hydrogens (tertiary/aromatic N) is 1. The Bertz CT molecular complexity index is 608. The minimum Gasteiger partial charge on any atom is -0.315 e. The van der Waals surface area contributed by atoms with E-state index in [9.17, 15) is 12.8 Å². The molecule has 104 valence electrons. The summed E-state index contributed by atoms with van der Waals surface area (Å²) in [5, 5.41) is 3.26. The van der Waals surface area contributed by atoms with Crippen molar-refractivity contribution >= 4 is 21.6 Å². The van der Waals surface area contributed by atoms with Crippen molar-refractivity contribution in [3.63, 3.8) is 0 Å². The third-order valence-electron chi connectivity index (χ3n) is 3.87. The number of benzene rings is 1. The molecule has 2 saturated heterocycles. The van der Waals surface area contributed by atoms with E-state index in [-0.39, 0.29) is 16.0 Å². The summed E-state index contributed by atoms with van der Waals surface area (Å²) in [4.78, 5) is -0.137. The number of hydrogen-bond acceptors (Lipinski definition) is 3. The monoisotopic (exact) mass is 304 g/mol. The molecule has 19 heavy (non-hydrogen) atoms. The Kier molecular flexibility index (Phi) is 3.29. The number of fused-ring (bicyclic) bond motifs is 1. The summed E-state index contributed by atoms with van der Waals surface area (Å²) in [5.74, 6) is -0.245. The normalized spacial score (nSPS) is 27.7. The van der Waals surface area contributed by atoms with Gasteiger partial charge in [0.15, 0.2) is 0 Å². The van der Waals surface area contributed by atoms with Crippen molar-refractivity contribution in [1.29, 1.82) is 0 Å². The maximum Gasteiger partial charge on any atom is 0.244 e. The van der Waals surface area contributed by atoms with E-state index in [1.807, 2.05) is 0 Å². The zero-order chi connectivity index (χ0) is 13.6. The molecule has 3 rings (SSSR count). The Labute approximate surface area is 116 Å². The van der Waals surface area contributed by atoms with Crippen LogP contribution in [0, 0.1) is 11.7 Å². The molecule has 2 aliphatic heterocycles. The lowest BCUT2D eigenvalue weighted by atomic mass is 10.1. The highest BCUT2D eigenvalue weighted by Crippen LogP contribution is 2.34. The van der Waals surface area contributed by atoms with Crippen LogP contribution in [0.2, 0.25) is 5.02 Å². The second-order valence-corrected chi connectivity index (χ2v) is 7.23. The molecule has 4 nitrogen and oxygen atoms in total. The first kappa shape index (κ1) is 13.3. The molecule has 1 aromatic rings. The molecule has 0 unspecified atom stereocenters. The highest BCUT2D eigenvalue weighted by Gasteiger charge is 2.44. The molecular weight excluding hydrogens is 291 g/mol. The van der Waals surface area contributed by atoms with Crippen molar-refractivity contribution in [2.45, 2.75) is 17.4 Å². The summed E-state index contributed by atoms with van der Waals surface area (Å²) in [6.45, 7) is 1.97. The summed E-state index contributed by atoms with van der Waals surface area (Å²) < 4.78 is 39.9. The van der Waals surface area contributed by atoms with Crippen molar-refractivity contribution in [1.82, 2.24) is 9.62 Å². The zero-order valence-electron chi connectivity index (χ0n) is 10.1. The molecule has 0 aromatic heterocycles. The second kappa shape index (κ2) is 4.70. The Balaban J connectivity index is 2.01. The van der Waals surface area contributed by atoms with Gasteiger partial charge in [0.05, 0.1) is 5.02 Å². The third kappa shape index (κ3) is 2.16. The largest absolute Gasteiger partial charge is 0.315 e. The quantitative estimate of drug-likeness (QED) is 0.900. The number of rotatable bonds is 2. The molecule has 0 aliphatic carbocycles. The molecule has 1 aromatic carbocycles. The predicted octanol–water partition coefficient (Wildman–Crippen LogP) is 1.46. The fourth-order valence-corrected chi connectivity index (χ4v) is 5.10. The first-order chi connectivity index (χ1) is 9.00. The van der Waals surface area contributed by atoms with Crippen LogP contribution in [0.1, 0.15) is 6.42 Å². The van der Waals surface area contributed by atoms with Gasteiger partial charge in [-0.1, -0.05) is 11.6 Å². The molecule has 2 aliphatic rings. The zero-order valence-corrected chi connectivity index (χ0v) is 11.7. The maximum absolute atomic E-state index is 13.3. The van der Waals surface area contributed by atoms with Crippen LogP contribution in [0.25, 0.3) is 0 Å². The van der Waals surface area contributed by atoms with E-state index in [0.29, 0.717) is 19.0 Å². The van der Waals surface area contributed by atoms with E-state index in [2.05, 4.69) is 5.32 Å². The van der Waals surface area contributed by atoms with Gasteiger partial charge >= 0.3 is 0 Å². The Morgan fingerprint density at radius 3 is 2.95 bits per heavy atom. The molecule has 2 atom stereocenters. The first-order valence-corrected chi connectivity index (χ1v) is 7.99. The molecule has 0 bridgehead atoms. The SMILES string of the molecule is O=S(=O)(c1cc(F)ccc1Cl)N1CC[C@H]2CNC[C@H]21. The Morgan fingerprint density at radius 1 is 1.37 bits per heavy atom. The van der Waals surface area contributed by atoms with Crippen LogP contribution < -0.4 is 5.32 Å². The summed E-state index contributed by atoms with van der Waals surface area (Å²) in [6, 6.07) is 3.40. The highest BCUT2D eigenvalue weighted by molar-refractivity contribution is 7.89. The molecule has 2 fully saturated rings. The van der Waals surface area contributed by atoms with Gasteiger partial charge in [0, 0.05) is 19.1 Å². The van der Waals surface area contributed by atoms with Gasteiger partial charge in [0.25, 0.3) is 0 Å². The van der Waals surface area contributed by atoms with E-state index < -0.39 is 15.8 Å². The molecule has 2 heterocycles. The van der Waals surface area contributed by atoms with Crippen LogP contribution in [-0.4, -0.2) is 38.4 Å². The Hall–Kier alpha value is -0.690. The van der Waals surface area contributed by atoms with Gasteiger partial charge in [-0.25, -0.2) is 12.8 Å². The van der Waals surface area contributed by atoms with E-state index >= 15 is 0 Å². The number of nitrogens with one attached hydrogen (secondary N) is 1. The van der Waals surface area contributed by atoms with Crippen LogP contribution in [0.15, 0.2) is 23.1 Å². The smallest absolute Gasteiger partial charge is 0.244 e. The van der Waals surface area contributed by atoms with Gasteiger partial charge in [-0.3, -0.25) is 0 Å². The lowest BCUT2D eigenvalue weighted by Crippen LogP contribution is -2.39. The minimum absolute atomic E-state index is 0.0377. The van der Waals surface area contributed by atoms with Crippen LogP contribution in [-0.2, 0) is 10.0 Å². The van der Waals surface area contributed by atoms with Crippen molar-refractivity contribution in [3.05, 3.63) is 29.0 Å². The lowest BCUT2D eigenvalue weighted by molar-refractivity contribution is 0.382. The molecule has 0 amide bonds. The summed E-state index contributed by atoms with van der Waals surface area (Å²) in [5.41, 5.74) is 0. The highest BCUT2D eigenvalue weighted by atomic mass is 35.5. The first-order valence-electron chi connectivity index (χ1n) is 6.18. The van der Waals surface area contributed by atoms with E-state index in [4.69, 9.17) is 11.6 Å². The van der Waals surface area contributed by atoms with Crippen LogP contribution in [0.5, 0.6) is 0 Å². The molecule has 0 radical (unpaired) electrons. The summed E-state index contributed by atoms with van der Waals surface area (Å²) >= 11 is 5.91. The van der Waals surface area contributed by atoms with Gasteiger partial charge in [0.2, 0.25) is 10.0 Å². The van der Waals surface area contributed by atoms with Gasteiger partial charge in [0.1, 0.15) is 10.7 Å². The van der Waals surface area contributed by atoms with Gasteiger partial charge in [-0.2, -0.15) is 4.31 Å². The molecule has 7 heteroatoms. The lowest BCUT2D eigenvalue weighted by Gasteiger charge is -2.23. The van der Waals surface area contributed by atoms with Crippen LogP contribution in [0.4, 0.5) is 4.39 Å². The summed E-state index contributed by atoms with van der Waals surface area (Å²) in [7, 11) is -3.72. The van der Waals surface area contributed by atoms with Crippen molar-refractivity contribution < 1.29 is 12.8 Å². The summed E-state index contributed by atoms with van der Waals surface area (Å²) in [6.07, 6.45) is 0.837. The van der Waals surface area contributed by atoms with Crippen LogP contribution >= 0.6 is 11.6 Å². The minimum atomic E-state index is -3.72. The van der Waals surface area contributed by atoms with Gasteiger partial charge < -0.3 is 5.32 Å². The number of hydrogen-bond donors (Lipinski definition) is 1. The average Bonchev–Trinajstić information content (AvgIpc) is 2.93. The van der Waals surface area contributed by atoms with E-state index in [1.54, 1.807) is 0 Å². The van der Waals surface area contributed by atoms with Crippen molar-refractivity contribution in [2.24, 2.45) is 5.92 Å². The Morgan fingerprint density at radius 2 is 2.16 bits per heavy atom. The average molecular weight is 305 g/mol. The third-order valence-corrected chi connectivity index (χ3v) is 6.28. The molecular formula is C12H14ClFN2O2S. The standard InChI is InChI=1S/C12H14ClFN2O2S/c13-10-2-1-9(14)5-12(10)19(17,18)16-4-3-8-6-15-7-11(8)16/h1-2,5,8,11,15H,3-4,6-7H2/t8-,11+/m0/s1. The van der Waals surface area contributed by atoms with Crippen molar-refractivity contribution in [2.75, 3.05) is 19.6 Å². The van der Waals surface area contributed by atoms with E-state index in [1.165, 1.54) is 10.4 Å². The topological polar surface area (TPSA) is 49.4 Å². The molecule has 0 saturated carbocycles. The maximum atomic E-state index is 13.3. The number of halogens is 2. The van der Waals surface area contributed by atoms with Gasteiger partial charge in [-0.05, 0) is 37.1 Å². The predicted molar refractivity (Wildman–Crippen MR) is 70.1 cm³/mol. The number of sulfonamides is 1. The van der Waals surface area contributed by atoms with Crippen LogP contribution in [0.3, 0.4) is 0 Å². The van der Waals surface area contributed by atoms with Crippen molar-refractivity contribution in [3.8, 4) is 0 Å². The molecule has 1 N–H and O–H groups in total. The van der Waals surface area contributed by atoms with Gasteiger partial charge in [-0.15, -0.1) is 0 Å². The molecule has 0 spiro atoms. The van der Waals surface area contributed by atoms with E-state index in [0.717, 1.165) is 25.1 Å². The fourth-order valence-electron chi connectivity index (χ4n) is 2.91.